The molecule has 0 aliphatic heterocycles. The fourth-order valence-corrected chi connectivity index (χ4v) is 0.219. The normalized spacial score (nSPS) is 10.7. The molecule has 7 heavy (non-hydrogen) atoms. The molecular formula is C5H9NO. The van der Waals surface area contributed by atoms with Crippen molar-refractivity contribution in [2.45, 2.75) is 0 Å². The molecule has 0 aliphatic rings. The molecule has 0 aromatic rings. The molecule has 0 unspecified atom stereocenters. The van der Waals surface area contributed by atoms with Crippen LogP contribution >= 0.6 is 0 Å². The van der Waals surface area contributed by atoms with Gasteiger partial charge in [-0.05, 0) is 6.08 Å². The van der Waals surface area contributed by atoms with Crippen molar-refractivity contribution in [3.05, 3.63) is 24.6 Å². The van der Waals surface area contributed by atoms with Gasteiger partial charge in [0.2, 0.25) is 0 Å². The first-order valence-electron chi connectivity index (χ1n) is 1.93. The van der Waals surface area contributed by atoms with Gasteiger partial charge in [-0.3, -0.25) is 0 Å². The van der Waals surface area contributed by atoms with Crippen LogP contribution in [-0.2, 0) is 4.74 Å². The number of rotatable bonds is 2. The summed E-state index contributed by atoms with van der Waals surface area (Å²) < 4.78 is 4.67. The van der Waals surface area contributed by atoms with E-state index in [1.165, 1.54) is 6.20 Å². The van der Waals surface area contributed by atoms with E-state index in [1.807, 2.05) is 0 Å². The van der Waals surface area contributed by atoms with E-state index in [0.29, 0.717) is 5.76 Å². The lowest BCUT2D eigenvalue weighted by Gasteiger charge is -1.93. The Morgan fingerprint density at radius 2 is 2.43 bits per heavy atom. The third-order valence-corrected chi connectivity index (χ3v) is 0.601. The largest absolute Gasteiger partial charge is 0.495 e. The number of nitrogens with two attached hydrogens (primary N) is 1. The number of methoxy groups -OCH3 is 1. The van der Waals surface area contributed by atoms with Gasteiger partial charge in [0, 0.05) is 6.20 Å². The molecule has 0 saturated heterocycles. The maximum Gasteiger partial charge on any atom is 0.133 e. The van der Waals surface area contributed by atoms with Gasteiger partial charge in [-0.1, -0.05) is 6.58 Å². The molecule has 2 N–H and O–H groups in total. The van der Waals surface area contributed by atoms with Gasteiger partial charge < -0.3 is 10.5 Å². The Hall–Kier alpha value is -0.920. The van der Waals surface area contributed by atoms with Crippen molar-refractivity contribution >= 4 is 0 Å². The molecular weight excluding hydrogens is 90.1 g/mol. The van der Waals surface area contributed by atoms with E-state index in [1.54, 1.807) is 13.2 Å². The second-order valence-corrected chi connectivity index (χ2v) is 0.977. The Morgan fingerprint density at radius 1 is 1.86 bits per heavy atom. The monoisotopic (exact) mass is 99.1 g/mol. The number of ether oxygens (including phenoxy) is 1. The fraction of sp³-hybridized carbons (Fsp3) is 0.200. The smallest absolute Gasteiger partial charge is 0.133 e. The summed E-state index contributed by atoms with van der Waals surface area (Å²) in [5.74, 6) is 0.597. The van der Waals surface area contributed by atoms with Crippen LogP contribution in [0, 0.1) is 0 Å². The van der Waals surface area contributed by atoms with Crippen LogP contribution < -0.4 is 5.73 Å². The molecule has 0 amide bonds. The van der Waals surface area contributed by atoms with Gasteiger partial charge >= 0.3 is 0 Å². The minimum absolute atomic E-state index is 0.597. The van der Waals surface area contributed by atoms with Crippen molar-refractivity contribution in [1.29, 1.82) is 0 Å². The summed E-state index contributed by atoms with van der Waals surface area (Å²) in [4.78, 5) is 0. The Morgan fingerprint density at radius 3 is 2.43 bits per heavy atom. The maximum atomic E-state index is 5.04. The van der Waals surface area contributed by atoms with Crippen LogP contribution in [0.15, 0.2) is 24.6 Å². The topological polar surface area (TPSA) is 35.2 Å². The molecule has 0 radical (unpaired) electrons. The van der Waals surface area contributed by atoms with Crippen LogP contribution in [0.4, 0.5) is 0 Å². The molecule has 0 rings (SSSR count). The molecule has 0 aromatic heterocycles. The molecule has 40 valence electrons. The molecule has 0 heterocycles. The molecule has 0 bridgehead atoms. The van der Waals surface area contributed by atoms with Crippen LogP contribution in [0.25, 0.3) is 0 Å². The van der Waals surface area contributed by atoms with Crippen molar-refractivity contribution < 1.29 is 4.74 Å². The third kappa shape index (κ3) is 1.87. The lowest BCUT2D eigenvalue weighted by molar-refractivity contribution is 0.306. The highest BCUT2D eigenvalue weighted by atomic mass is 16.5. The first kappa shape index (κ1) is 6.08. The summed E-state index contributed by atoms with van der Waals surface area (Å²) >= 11 is 0. The van der Waals surface area contributed by atoms with Crippen molar-refractivity contribution in [1.82, 2.24) is 0 Å². The average molecular weight is 99.1 g/mol. The zero-order valence-electron chi connectivity index (χ0n) is 4.35. The van der Waals surface area contributed by atoms with Crippen LogP contribution in [0.1, 0.15) is 0 Å². The Bertz CT molecular complexity index is 86.1. The van der Waals surface area contributed by atoms with Crippen molar-refractivity contribution in [2.24, 2.45) is 5.73 Å². The highest BCUT2D eigenvalue weighted by molar-refractivity contribution is 5.05. The summed E-state index contributed by atoms with van der Waals surface area (Å²) in [5.41, 5.74) is 5.04. The van der Waals surface area contributed by atoms with Crippen molar-refractivity contribution in [3.8, 4) is 0 Å². The van der Waals surface area contributed by atoms with E-state index in [-0.39, 0.29) is 0 Å². The van der Waals surface area contributed by atoms with Crippen molar-refractivity contribution in [2.75, 3.05) is 7.11 Å². The molecule has 0 saturated carbocycles. The van der Waals surface area contributed by atoms with E-state index in [2.05, 4.69) is 11.3 Å². The second kappa shape index (κ2) is 3.28. The Labute approximate surface area is 43.3 Å². The molecule has 0 fully saturated rings. The summed E-state index contributed by atoms with van der Waals surface area (Å²) in [6.45, 7) is 3.43. The number of allylic oxidation sites excluding steroid dienone is 1. The standard InChI is InChI=1S/C5H9NO/c1-3-5(4-6)7-2/h3-4H,1,6H2,2H3/b5-4+. The number of hydrogen-bond donors (Lipinski definition) is 1. The average Bonchev–Trinajstić information content (AvgIpc) is 1.72. The van der Waals surface area contributed by atoms with Gasteiger partial charge in [-0.25, -0.2) is 0 Å². The predicted octanol–water partition coefficient (Wildman–Crippen LogP) is 0.619. The zero-order valence-corrected chi connectivity index (χ0v) is 4.35. The predicted molar refractivity (Wildman–Crippen MR) is 29.5 cm³/mol. The number of hydrogen-bond acceptors (Lipinski definition) is 2. The minimum Gasteiger partial charge on any atom is -0.495 e. The van der Waals surface area contributed by atoms with Crippen LogP contribution in [0.2, 0.25) is 0 Å². The molecule has 2 nitrogen and oxygen atoms in total. The summed E-state index contributed by atoms with van der Waals surface area (Å²) in [7, 11) is 1.54. The third-order valence-electron chi connectivity index (χ3n) is 0.601. The first-order valence-corrected chi connectivity index (χ1v) is 1.93. The lowest BCUT2D eigenvalue weighted by Crippen LogP contribution is -1.86. The van der Waals surface area contributed by atoms with E-state index in [0.717, 1.165) is 0 Å². The minimum atomic E-state index is 0.597. The fourth-order valence-electron chi connectivity index (χ4n) is 0.219. The van der Waals surface area contributed by atoms with E-state index >= 15 is 0 Å². The highest BCUT2D eigenvalue weighted by Gasteiger charge is 1.78. The van der Waals surface area contributed by atoms with Gasteiger partial charge in [0.25, 0.3) is 0 Å². The summed E-state index contributed by atoms with van der Waals surface area (Å²) in [6.07, 6.45) is 2.90. The van der Waals surface area contributed by atoms with E-state index < -0.39 is 0 Å². The van der Waals surface area contributed by atoms with Gasteiger partial charge in [0.05, 0.1) is 7.11 Å². The molecule has 2 heteroatoms. The second-order valence-electron chi connectivity index (χ2n) is 0.977. The van der Waals surface area contributed by atoms with Crippen LogP contribution in [0.5, 0.6) is 0 Å². The van der Waals surface area contributed by atoms with Gasteiger partial charge in [-0.15, -0.1) is 0 Å². The first-order chi connectivity index (χ1) is 3.35. The van der Waals surface area contributed by atoms with Gasteiger partial charge in [0.15, 0.2) is 0 Å². The lowest BCUT2D eigenvalue weighted by atomic mass is 10.5. The van der Waals surface area contributed by atoms with Gasteiger partial charge in [-0.2, -0.15) is 0 Å². The van der Waals surface area contributed by atoms with Crippen LogP contribution in [0.3, 0.4) is 0 Å². The summed E-state index contributed by atoms with van der Waals surface area (Å²) in [6, 6.07) is 0. The zero-order chi connectivity index (χ0) is 5.70. The molecule has 0 atom stereocenters. The highest BCUT2D eigenvalue weighted by Crippen LogP contribution is 1.89. The van der Waals surface area contributed by atoms with Gasteiger partial charge in [0.1, 0.15) is 5.76 Å². The molecule has 0 spiro atoms. The SMILES string of the molecule is C=C/C(=C\N)OC. The molecule has 0 aliphatic carbocycles. The Balaban J connectivity index is 3.60. The van der Waals surface area contributed by atoms with Crippen molar-refractivity contribution in [3.63, 3.8) is 0 Å². The van der Waals surface area contributed by atoms with E-state index in [9.17, 15) is 0 Å². The maximum absolute atomic E-state index is 5.04. The molecule has 0 aromatic carbocycles. The van der Waals surface area contributed by atoms with E-state index in [4.69, 9.17) is 5.73 Å². The Kier molecular flexibility index (Phi) is 2.85. The van der Waals surface area contributed by atoms with Crippen LogP contribution in [-0.4, -0.2) is 7.11 Å². The quantitative estimate of drug-likeness (QED) is 0.407. The summed E-state index contributed by atoms with van der Waals surface area (Å²) in [5, 5.41) is 0.